The normalized spacial score (nSPS) is 15.3. The molecule has 1 aromatic carbocycles. The molecule has 0 saturated carbocycles. The number of nitrogens with zero attached hydrogens (tertiary/aromatic N) is 5. The molecular formula is C21H26N6O. The van der Waals surface area contributed by atoms with Gasteiger partial charge in [-0.2, -0.15) is 0 Å². The number of carbonyl (C=O) groups is 1. The van der Waals surface area contributed by atoms with Crippen molar-refractivity contribution < 1.29 is 4.79 Å². The summed E-state index contributed by atoms with van der Waals surface area (Å²) in [5.41, 5.74) is 2.13. The molecule has 0 spiro atoms. The third-order valence-electron chi connectivity index (χ3n) is 5.69. The lowest BCUT2D eigenvalue weighted by Crippen LogP contribution is -2.39. The Bertz CT molecular complexity index is 969. The second kappa shape index (κ2) is 8.06. The molecule has 1 aliphatic heterocycles. The number of pyridine rings is 1. The summed E-state index contributed by atoms with van der Waals surface area (Å²) in [7, 11) is 1.98. The van der Waals surface area contributed by atoms with E-state index in [0.717, 1.165) is 54.6 Å². The summed E-state index contributed by atoms with van der Waals surface area (Å²) < 4.78 is 1.76. The van der Waals surface area contributed by atoms with E-state index in [-0.39, 0.29) is 5.91 Å². The zero-order chi connectivity index (χ0) is 19.5. The molecule has 0 bridgehead atoms. The van der Waals surface area contributed by atoms with Crippen LogP contribution in [0.25, 0.3) is 16.5 Å². The first kappa shape index (κ1) is 18.6. The number of fused-ring (bicyclic) bond motifs is 1. The highest BCUT2D eigenvalue weighted by molar-refractivity contribution is 5.94. The fourth-order valence-electron chi connectivity index (χ4n) is 3.97. The van der Waals surface area contributed by atoms with Gasteiger partial charge < -0.3 is 10.2 Å². The molecule has 2 aromatic heterocycles. The molecule has 146 valence electrons. The van der Waals surface area contributed by atoms with E-state index < -0.39 is 0 Å². The summed E-state index contributed by atoms with van der Waals surface area (Å²) in [4.78, 5) is 19.1. The van der Waals surface area contributed by atoms with Gasteiger partial charge in [0.15, 0.2) is 5.69 Å². The fourth-order valence-corrected chi connectivity index (χ4v) is 3.97. The van der Waals surface area contributed by atoms with Gasteiger partial charge in [-0.3, -0.25) is 9.78 Å². The topological polar surface area (TPSA) is 75.9 Å². The molecule has 7 heteroatoms. The van der Waals surface area contributed by atoms with E-state index in [4.69, 9.17) is 0 Å². The van der Waals surface area contributed by atoms with Crippen LogP contribution in [-0.2, 0) is 0 Å². The Morgan fingerprint density at radius 2 is 2.07 bits per heavy atom. The van der Waals surface area contributed by atoms with Crippen molar-refractivity contribution in [2.24, 2.45) is 5.92 Å². The van der Waals surface area contributed by atoms with E-state index in [1.54, 1.807) is 10.9 Å². The number of benzene rings is 1. The quantitative estimate of drug-likeness (QED) is 0.738. The highest BCUT2D eigenvalue weighted by atomic mass is 16.2. The van der Waals surface area contributed by atoms with Crippen molar-refractivity contribution in [3.63, 3.8) is 0 Å². The lowest BCUT2D eigenvalue weighted by Gasteiger charge is -2.31. The summed E-state index contributed by atoms with van der Waals surface area (Å²) in [6.07, 6.45) is 6.87. The van der Waals surface area contributed by atoms with E-state index in [0.29, 0.717) is 11.6 Å². The molecule has 1 amide bonds. The van der Waals surface area contributed by atoms with Gasteiger partial charge in [-0.15, -0.1) is 5.10 Å². The minimum absolute atomic E-state index is 0.0160. The molecule has 1 aliphatic rings. The van der Waals surface area contributed by atoms with Crippen LogP contribution in [0.2, 0.25) is 0 Å². The van der Waals surface area contributed by atoms with Crippen molar-refractivity contribution in [2.75, 3.05) is 26.7 Å². The summed E-state index contributed by atoms with van der Waals surface area (Å²) in [6, 6.07) is 7.94. The first-order valence-corrected chi connectivity index (χ1v) is 9.88. The predicted octanol–water partition coefficient (Wildman–Crippen LogP) is 2.59. The van der Waals surface area contributed by atoms with E-state index in [1.807, 2.05) is 49.3 Å². The van der Waals surface area contributed by atoms with Crippen molar-refractivity contribution in [1.82, 2.24) is 30.2 Å². The number of nitrogens with one attached hydrogen (secondary N) is 1. The van der Waals surface area contributed by atoms with Crippen LogP contribution < -0.4 is 5.32 Å². The van der Waals surface area contributed by atoms with Gasteiger partial charge in [-0.05, 0) is 57.8 Å². The predicted molar refractivity (Wildman–Crippen MR) is 109 cm³/mol. The third kappa shape index (κ3) is 3.49. The summed E-state index contributed by atoms with van der Waals surface area (Å²) in [5.74, 6) is 0.676. The van der Waals surface area contributed by atoms with Crippen LogP contribution in [0.15, 0.2) is 36.7 Å². The van der Waals surface area contributed by atoms with Crippen LogP contribution >= 0.6 is 0 Å². The Kier molecular flexibility index (Phi) is 5.34. The van der Waals surface area contributed by atoms with Crippen molar-refractivity contribution in [3.8, 4) is 5.69 Å². The molecule has 0 radical (unpaired) electrons. The molecule has 3 heterocycles. The minimum atomic E-state index is -0.0160. The highest BCUT2D eigenvalue weighted by Crippen LogP contribution is 2.25. The number of hydrogen-bond acceptors (Lipinski definition) is 5. The third-order valence-corrected chi connectivity index (χ3v) is 5.69. The highest BCUT2D eigenvalue weighted by Gasteiger charge is 2.27. The van der Waals surface area contributed by atoms with E-state index in [2.05, 4.69) is 20.6 Å². The van der Waals surface area contributed by atoms with Gasteiger partial charge in [0.05, 0.1) is 11.4 Å². The SMILES string of the molecule is CNCCC1CCN(C(=O)c2nnn(-c3cccc4cnccc34)c2C)CC1. The van der Waals surface area contributed by atoms with Gasteiger partial charge in [-0.25, -0.2) is 4.68 Å². The molecule has 3 aromatic rings. The molecule has 1 saturated heterocycles. The van der Waals surface area contributed by atoms with Crippen LogP contribution in [-0.4, -0.2) is 57.5 Å². The van der Waals surface area contributed by atoms with Crippen LogP contribution in [0.1, 0.15) is 35.4 Å². The second-order valence-electron chi connectivity index (χ2n) is 7.44. The Balaban J connectivity index is 1.55. The van der Waals surface area contributed by atoms with Gasteiger partial charge in [0.2, 0.25) is 0 Å². The summed E-state index contributed by atoms with van der Waals surface area (Å²) in [5, 5.41) is 13.8. The number of aromatic nitrogens is 4. The van der Waals surface area contributed by atoms with E-state index >= 15 is 0 Å². The average molecular weight is 378 g/mol. The van der Waals surface area contributed by atoms with Crippen molar-refractivity contribution in [3.05, 3.63) is 48.0 Å². The first-order valence-electron chi connectivity index (χ1n) is 9.88. The number of carbonyl (C=O) groups excluding carboxylic acids is 1. The molecular weight excluding hydrogens is 352 g/mol. The van der Waals surface area contributed by atoms with Gasteiger partial charge in [0.1, 0.15) is 0 Å². The van der Waals surface area contributed by atoms with Crippen molar-refractivity contribution >= 4 is 16.7 Å². The Labute approximate surface area is 164 Å². The van der Waals surface area contributed by atoms with Crippen molar-refractivity contribution in [1.29, 1.82) is 0 Å². The molecule has 7 nitrogen and oxygen atoms in total. The number of hydrogen-bond donors (Lipinski definition) is 1. The summed E-state index contributed by atoms with van der Waals surface area (Å²) in [6.45, 7) is 4.53. The van der Waals surface area contributed by atoms with E-state index in [9.17, 15) is 4.79 Å². The van der Waals surface area contributed by atoms with Gasteiger partial charge >= 0.3 is 0 Å². The first-order chi connectivity index (χ1) is 13.7. The Hall–Kier alpha value is -2.80. The van der Waals surface area contributed by atoms with Gasteiger partial charge in [-0.1, -0.05) is 17.3 Å². The molecule has 1 N–H and O–H groups in total. The lowest BCUT2D eigenvalue weighted by atomic mass is 9.93. The Morgan fingerprint density at radius 1 is 1.25 bits per heavy atom. The van der Waals surface area contributed by atoms with Crippen LogP contribution in [0.3, 0.4) is 0 Å². The lowest BCUT2D eigenvalue weighted by molar-refractivity contribution is 0.0680. The standard InChI is InChI=1S/C21H26N6O/c1-15-20(21(28)26-12-8-16(9-13-26)6-10-22-2)24-25-27(15)19-5-3-4-17-14-23-11-7-18(17)19/h3-5,7,11,14,16,22H,6,8-10,12-13H2,1-2H3. The van der Waals surface area contributed by atoms with Crippen molar-refractivity contribution in [2.45, 2.75) is 26.2 Å². The summed E-state index contributed by atoms with van der Waals surface area (Å²) >= 11 is 0. The minimum Gasteiger partial charge on any atom is -0.337 e. The molecule has 28 heavy (non-hydrogen) atoms. The van der Waals surface area contributed by atoms with E-state index in [1.165, 1.54) is 6.42 Å². The van der Waals surface area contributed by atoms with Gasteiger partial charge in [0.25, 0.3) is 5.91 Å². The monoisotopic (exact) mass is 378 g/mol. The molecule has 1 fully saturated rings. The number of rotatable bonds is 5. The van der Waals surface area contributed by atoms with Gasteiger partial charge in [0, 0.05) is 36.3 Å². The number of likely N-dealkylation sites (tertiary alicyclic amines) is 1. The maximum Gasteiger partial charge on any atom is 0.276 e. The number of amides is 1. The number of piperidine rings is 1. The van der Waals surface area contributed by atoms with Crippen LogP contribution in [0.4, 0.5) is 0 Å². The fraction of sp³-hybridized carbons (Fsp3) is 0.429. The molecule has 0 unspecified atom stereocenters. The smallest absolute Gasteiger partial charge is 0.276 e. The average Bonchev–Trinajstić information content (AvgIpc) is 3.12. The molecule has 0 aliphatic carbocycles. The Morgan fingerprint density at radius 3 is 2.86 bits per heavy atom. The molecule has 4 rings (SSSR count). The zero-order valence-electron chi connectivity index (χ0n) is 16.4. The maximum absolute atomic E-state index is 13.0. The second-order valence-corrected chi connectivity index (χ2v) is 7.44. The van der Waals surface area contributed by atoms with Crippen LogP contribution in [0, 0.1) is 12.8 Å². The van der Waals surface area contributed by atoms with Crippen LogP contribution in [0.5, 0.6) is 0 Å². The largest absolute Gasteiger partial charge is 0.337 e. The maximum atomic E-state index is 13.0. The molecule has 0 atom stereocenters. The zero-order valence-corrected chi connectivity index (χ0v) is 16.4.